The minimum absolute atomic E-state index is 0.305. The molecule has 2 unspecified atom stereocenters. The second-order valence-corrected chi connectivity index (χ2v) is 2.76. The SMILES string of the molecule is O=S(O)NC(O)c1ccccn1. The molecule has 66 valence electrons. The van der Waals surface area contributed by atoms with Crippen molar-refractivity contribution >= 4 is 11.3 Å². The van der Waals surface area contributed by atoms with Crippen molar-refractivity contribution < 1.29 is 13.9 Å². The fraction of sp³-hybridized carbons (Fsp3) is 0.167. The van der Waals surface area contributed by atoms with Crippen LogP contribution in [0.5, 0.6) is 0 Å². The first-order valence-corrected chi connectivity index (χ1v) is 4.27. The summed E-state index contributed by atoms with van der Waals surface area (Å²) in [6, 6.07) is 4.91. The number of nitrogens with zero attached hydrogens (tertiary/aromatic N) is 1. The van der Waals surface area contributed by atoms with E-state index in [-0.39, 0.29) is 0 Å². The highest BCUT2D eigenvalue weighted by Crippen LogP contribution is 2.04. The Morgan fingerprint density at radius 3 is 2.83 bits per heavy atom. The lowest BCUT2D eigenvalue weighted by Gasteiger charge is -2.07. The zero-order valence-electron chi connectivity index (χ0n) is 6.04. The molecule has 3 N–H and O–H groups in total. The molecule has 1 rings (SSSR count). The van der Waals surface area contributed by atoms with Crippen LogP contribution in [0, 0.1) is 0 Å². The van der Waals surface area contributed by atoms with E-state index in [1.165, 1.54) is 6.20 Å². The number of aliphatic hydroxyl groups is 1. The summed E-state index contributed by atoms with van der Waals surface area (Å²) < 4.78 is 20.5. The molecule has 0 amide bonds. The Balaban J connectivity index is 2.65. The molecule has 1 aromatic rings. The average molecular weight is 188 g/mol. The van der Waals surface area contributed by atoms with Crippen LogP contribution in [0.4, 0.5) is 0 Å². The Bertz CT molecular complexity index is 267. The highest BCUT2D eigenvalue weighted by atomic mass is 32.2. The van der Waals surface area contributed by atoms with Crippen molar-refractivity contribution in [1.82, 2.24) is 9.71 Å². The third-order valence-corrected chi connectivity index (χ3v) is 1.61. The lowest BCUT2D eigenvalue weighted by Crippen LogP contribution is -2.23. The fourth-order valence-electron chi connectivity index (χ4n) is 0.694. The summed E-state index contributed by atoms with van der Waals surface area (Å²) >= 11 is -2.24. The van der Waals surface area contributed by atoms with Gasteiger partial charge in [0, 0.05) is 6.20 Å². The average Bonchev–Trinajstić information content (AvgIpc) is 2.05. The van der Waals surface area contributed by atoms with Crippen LogP contribution in [-0.2, 0) is 11.3 Å². The van der Waals surface area contributed by atoms with Crippen molar-refractivity contribution in [2.24, 2.45) is 0 Å². The molecular formula is C6H8N2O3S. The molecule has 0 fully saturated rings. The van der Waals surface area contributed by atoms with Gasteiger partial charge >= 0.3 is 0 Å². The molecule has 12 heavy (non-hydrogen) atoms. The molecule has 0 saturated carbocycles. The van der Waals surface area contributed by atoms with Gasteiger partial charge in [0.2, 0.25) is 11.3 Å². The first kappa shape index (κ1) is 9.27. The summed E-state index contributed by atoms with van der Waals surface area (Å²) in [6.07, 6.45) is 0.276. The summed E-state index contributed by atoms with van der Waals surface area (Å²) in [5, 5.41) is 9.16. The van der Waals surface area contributed by atoms with Gasteiger partial charge in [-0.15, -0.1) is 0 Å². The van der Waals surface area contributed by atoms with Crippen LogP contribution in [0.1, 0.15) is 11.9 Å². The number of aliphatic hydroxyl groups excluding tert-OH is 1. The van der Waals surface area contributed by atoms with Gasteiger partial charge in [0.15, 0.2) is 6.23 Å². The molecule has 2 atom stereocenters. The van der Waals surface area contributed by atoms with Crippen molar-refractivity contribution in [3.05, 3.63) is 30.1 Å². The van der Waals surface area contributed by atoms with E-state index in [2.05, 4.69) is 4.98 Å². The summed E-state index contributed by atoms with van der Waals surface area (Å²) in [5.41, 5.74) is 0.305. The molecule has 0 aliphatic heterocycles. The lowest BCUT2D eigenvalue weighted by molar-refractivity contribution is 0.161. The summed E-state index contributed by atoms with van der Waals surface area (Å²) in [7, 11) is 0. The van der Waals surface area contributed by atoms with Crippen LogP contribution in [-0.4, -0.2) is 18.9 Å². The lowest BCUT2D eigenvalue weighted by atomic mass is 10.3. The maximum absolute atomic E-state index is 10.2. The van der Waals surface area contributed by atoms with E-state index in [1.807, 2.05) is 4.72 Å². The molecular weight excluding hydrogens is 180 g/mol. The monoisotopic (exact) mass is 188 g/mol. The van der Waals surface area contributed by atoms with Gasteiger partial charge in [0.25, 0.3) is 0 Å². The highest BCUT2D eigenvalue weighted by Gasteiger charge is 2.08. The van der Waals surface area contributed by atoms with E-state index in [4.69, 9.17) is 9.66 Å². The van der Waals surface area contributed by atoms with Crippen LogP contribution < -0.4 is 4.72 Å². The van der Waals surface area contributed by atoms with Gasteiger partial charge in [0.05, 0.1) is 5.69 Å². The van der Waals surface area contributed by atoms with E-state index in [1.54, 1.807) is 18.2 Å². The molecule has 0 spiro atoms. The Hall–Kier alpha value is -0.820. The van der Waals surface area contributed by atoms with E-state index in [9.17, 15) is 4.21 Å². The van der Waals surface area contributed by atoms with Crippen molar-refractivity contribution in [3.8, 4) is 0 Å². The van der Waals surface area contributed by atoms with E-state index in [0.29, 0.717) is 5.69 Å². The normalized spacial score (nSPS) is 15.5. The van der Waals surface area contributed by atoms with E-state index in [0.717, 1.165) is 0 Å². The summed E-state index contributed by atoms with van der Waals surface area (Å²) in [5.74, 6) is 0. The second-order valence-electron chi connectivity index (χ2n) is 2.02. The molecule has 0 aliphatic carbocycles. The van der Waals surface area contributed by atoms with Gasteiger partial charge in [-0.25, -0.2) is 4.21 Å². The van der Waals surface area contributed by atoms with Crippen molar-refractivity contribution in [2.45, 2.75) is 6.23 Å². The molecule has 0 saturated heterocycles. The molecule has 5 nitrogen and oxygen atoms in total. The van der Waals surface area contributed by atoms with Crippen molar-refractivity contribution in [2.75, 3.05) is 0 Å². The van der Waals surface area contributed by atoms with Gasteiger partial charge < -0.3 is 5.11 Å². The van der Waals surface area contributed by atoms with Gasteiger partial charge in [-0.1, -0.05) is 6.07 Å². The molecule has 6 heteroatoms. The Morgan fingerprint density at radius 1 is 1.58 bits per heavy atom. The van der Waals surface area contributed by atoms with Crippen LogP contribution in [0.3, 0.4) is 0 Å². The highest BCUT2D eigenvalue weighted by molar-refractivity contribution is 7.77. The largest absolute Gasteiger partial charge is 0.372 e. The number of aromatic nitrogens is 1. The van der Waals surface area contributed by atoms with Crippen LogP contribution in [0.2, 0.25) is 0 Å². The van der Waals surface area contributed by atoms with Crippen molar-refractivity contribution in [1.29, 1.82) is 0 Å². The predicted molar refractivity (Wildman–Crippen MR) is 43.1 cm³/mol. The zero-order valence-corrected chi connectivity index (χ0v) is 6.86. The van der Waals surface area contributed by atoms with Gasteiger partial charge in [-0.05, 0) is 12.1 Å². The smallest absolute Gasteiger partial charge is 0.234 e. The second kappa shape index (κ2) is 4.27. The molecule has 0 aromatic carbocycles. The van der Waals surface area contributed by atoms with Crippen molar-refractivity contribution in [3.63, 3.8) is 0 Å². The van der Waals surface area contributed by atoms with Gasteiger partial charge in [0.1, 0.15) is 0 Å². The van der Waals surface area contributed by atoms with Gasteiger partial charge in [-0.2, -0.15) is 4.72 Å². The van der Waals surface area contributed by atoms with E-state index >= 15 is 0 Å². The topological polar surface area (TPSA) is 82.5 Å². The number of hydrogen-bond donors (Lipinski definition) is 3. The number of pyridine rings is 1. The maximum atomic E-state index is 10.2. The predicted octanol–water partition coefficient (Wildman–Crippen LogP) is -0.201. The number of nitrogens with one attached hydrogen (secondary N) is 1. The van der Waals surface area contributed by atoms with Crippen LogP contribution in [0.25, 0.3) is 0 Å². The first-order chi connectivity index (χ1) is 5.70. The molecule has 0 aliphatic rings. The summed E-state index contributed by atoms with van der Waals surface area (Å²) in [4.78, 5) is 3.77. The Kier molecular flexibility index (Phi) is 3.30. The third-order valence-electron chi connectivity index (χ3n) is 1.18. The van der Waals surface area contributed by atoms with E-state index < -0.39 is 17.5 Å². The minimum Gasteiger partial charge on any atom is -0.372 e. The fourth-order valence-corrected chi connectivity index (χ4v) is 1.01. The quantitative estimate of drug-likeness (QED) is 0.453. The molecule has 1 aromatic heterocycles. The number of hydrogen-bond acceptors (Lipinski definition) is 3. The standard InChI is InChI=1S/C6H8N2O3S/c9-6(8-12(10)11)5-3-1-2-4-7-5/h1-4,6,8-9H,(H,10,11). The Labute approximate surface area is 71.9 Å². The molecule has 0 bridgehead atoms. The number of rotatable bonds is 3. The minimum atomic E-state index is -2.24. The van der Waals surface area contributed by atoms with Crippen LogP contribution >= 0.6 is 0 Å². The Morgan fingerprint density at radius 2 is 2.33 bits per heavy atom. The molecule has 1 heterocycles. The zero-order chi connectivity index (χ0) is 8.97. The third kappa shape index (κ3) is 2.67. The van der Waals surface area contributed by atoms with Crippen LogP contribution in [0.15, 0.2) is 24.4 Å². The first-order valence-electron chi connectivity index (χ1n) is 3.16. The van der Waals surface area contributed by atoms with Gasteiger partial charge in [-0.3, -0.25) is 9.54 Å². The summed E-state index contributed by atoms with van der Waals surface area (Å²) in [6.45, 7) is 0. The molecule has 0 radical (unpaired) electrons. The maximum Gasteiger partial charge on any atom is 0.234 e.